The molecular formula is C29H30F3N5OS. The van der Waals surface area contributed by atoms with Crippen LogP contribution in [0.2, 0.25) is 0 Å². The monoisotopic (exact) mass is 553 g/mol. The smallest absolute Gasteiger partial charge is 0.369 e. The van der Waals surface area contributed by atoms with Gasteiger partial charge in [-0.1, -0.05) is 6.07 Å². The lowest BCUT2D eigenvalue weighted by Gasteiger charge is -2.29. The number of amidine groups is 1. The van der Waals surface area contributed by atoms with Crippen molar-refractivity contribution in [1.29, 1.82) is 0 Å². The molecule has 1 saturated heterocycles. The molecular weight excluding hydrogens is 523 g/mol. The van der Waals surface area contributed by atoms with Crippen LogP contribution in [0.25, 0.3) is 0 Å². The van der Waals surface area contributed by atoms with E-state index in [1.54, 1.807) is 23.5 Å². The summed E-state index contributed by atoms with van der Waals surface area (Å²) in [4.78, 5) is 23.2. The molecule has 6 nitrogen and oxygen atoms in total. The molecule has 0 radical (unpaired) electrons. The van der Waals surface area contributed by atoms with Crippen molar-refractivity contribution in [2.75, 3.05) is 28.3 Å². The number of hydrogen-bond acceptors (Lipinski definition) is 6. The fourth-order valence-electron chi connectivity index (χ4n) is 5.29. The highest BCUT2D eigenvalue weighted by Gasteiger charge is 2.34. The Morgan fingerprint density at radius 3 is 2.62 bits per heavy atom. The van der Waals surface area contributed by atoms with E-state index in [4.69, 9.17) is 4.99 Å². The molecule has 10 heteroatoms. The summed E-state index contributed by atoms with van der Waals surface area (Å²) in [6.45, 7) is 5.09. The molecule has 2 aliphatic heterocycles. The van der Waals surface area contributed by atoms with Crippen LogP contribution in [0.15, 0.2) is 52.8 Å². The first kappa shape index (κ1) is 25.7. The van der Waals surface area contributed by atoms with Crippen LogP contribution in [0, 0.1) is 6.92 Å². The minimum atomic E-state index is -4.55. The van der Waals surface area contributed by atoms with Gasteiger partial charge in [0.05, 0.1) is 16.1 Å². The lowest BCUT2D eigenvalue weighted by atomic mass is 10.1. The van der Waals surface area contributed by atoms with Gasteiger partial charge in [0.1, 0.15) is 12.5 Å². The second-order valence-electron chi connectivity index (χ2n) is 10.5. The third-order valence-corrected chi connectivity index (χ3v) is 8.50. The number of nitrogens with zero attached hydrogens (tertiary/aromatic N) is 3. The maximum atomic E-state index is 13.8. The first-order valence-corrected chi connectivity index (χ1v) is 14.1. The number of halogens is 3. The number of fused-ring (bicyclic) bond motifs is 1. The summed E-state index contributed by atoms with van der Waals surface area (Å²) < 4.78 is 41.3. The zero-order valence-electron chi connectivity index (χ0n) is 21.8. The molecule has 2 N–H and O–H groups in total. The molecule has 1 saturated carbocycles. The van der Waals surface area contributed by atoms with Gasteiger partial charge in [0, 0.05) is 41.3 Å². The van der Waals surface area contributed by atoms with E-state index in [2.05, 4.69) is 21.6 Å². The van der Waals surface area contributed by atoms with Crippen LogP contribution < -0.4 is 20.4 Å². The molecule has 1 atom stereocenters. The van der Waals surface area contributed by atoms with Gasteiger partial charge in [-0.05, 0) is 86.9 Å². The van der Waals surface area contributed by atoms with E-state index in [-0.39, 0.29) is 11.6 Å². The Balaban J connectivity index is 1.27. The van der Waals surface area contributed by atoms with Gasteiger partial charge >= 0.3 is 6.18 Å². The number of hydrogen-bond donors (Lipinski definition) is 2. The number of aliphatic imine (C=N–C) groups is 1. The van der Waals surface area contributed by atoms with Gasteiger partial charge < -0.3 is 20.4 Å². The zero-order chi connectivity index (χ0) is 27.3. The van der Waals surface area contributed by atoms with Crippen molar-refractivity contribution < 1.29 is 18.0 Å². The number of amides is 1. The van der Waals surface area contributed by atoms with Crippen LogP contribution in [-0.2, 0) is 6.18 Å². The van der Waals surface area contributed by atoms with Crippen LogP contribution in [0.3, 0.4) is 0 Å². The van der Waals surface area contributed by atoms with Gasteiger partial charge in [-0.15, -0.1) is 11.3 Å². The Labute approximate surface area is 229 Å². The molecule has 0 spiro atoms. The number of alkyl halides is 3. The highest BCUT2D eigenvalue weighted by Crippen LogP contribution is 2.39. The summed E-state index contributed by atoms with van der Waals surface area (Å²) in [5.41, 5.74) is 3.04. The fraction of sp³-hybridized carbons (Fsp3) is 0.379. The summed E-state index contributed by atoms with van der Waals surface area (Å²) >= 11 is 1.63. The van der Waals surface area contributed by atoms with Gasteiger partial charge in [-0.2, -0.15) is 13.2 Å². The molecule has 0 unspecified atom stereocenters. The van der Waals surface area contributed by atoms with Gasteiger partial charge in [-0.3, -0.25) is 4.79 Å². The largest absolute Gasteiger partial charge is 0.416 e. The molecule has 2 fully saturated rings. The predicted molar refractivity (Wildman–Crippen MR) is 151 cm³/mol. The Morgan fingerprint density at radius 2 is 1.90 bits per heavy atom. The minimum absolute atomic E-state index is 0.0143. The second-order valence-corrected chi connectivity index (χ2v) is 11.5. The molecule has 2 aromatic carbocycles. The molecule has 6 rings (SSSR count). The predicted octanol–water partition coefficient (Wildman–Crippen LogP) is 6.92. The van der Waals surface area contributed by atoms with Gasteiger partial charge in [-0.25, -0.2) is 4.99 Å². The van der Waals surface area contributed by atoms with Crippen molar-refractivity contribution >= 4 is 45.8 Å². The van der Waals surface area contributed by atoms with E-state index in [9.17, 15) is 18.0 Å². The average Bonchev–Trinajstić information content (AvgIpc) is 3.38. The molecule has 204 valence electrons. The van der Waals surface area contributed by atoms with Crippen LogP contribution in [-0.4, -0.2) is 37.0 Å². The topological polar surface area (TPSA) is 60.0 Å². The lowest BCUT2D eigenvalue weighted by molar-refractivity contribution is -0.137. The van der Waals surface area contributed by atoms with E-state index in [0.29, 0.717) is 30.6 Å². The highest BCUT2D eigenvalue weighted by molar-refractivity contribution is 7.12. The number of carbonyl (C=O) groups excluding carboxylic acids is 1. The number of thiophene rings is 1. The number of rotatable bonds is 5. The molecule has 39 heavy (non-hydrogen) atoms. The highest BCUT2D eigenvalue weighted by atomic mass is 32.1. The zero-order valence-corrected chi connectivity index (χ0v) is 22.6. The summed E-state index contributed by atoms with van der Waals surface area (Å²) in [5, 5.41) is 8.39. The third kappa shape index (κ3) is 5.22. The van der Waals surface area contributed by atoms with Gasteiger partial charge in [0.2, 0.25) is 0 Å². The normalized spacial score (nSPS) is 19.1. The number of anilines is 4. The van der Waals surface area contributed by atoms with Crippen molar-refractivity contribution in [3.8, 4) is 0 Å². The van der Waals surface area contributed by atoms with E-state index >= 15 is 0 Å². The molecule has 3 aromatic rings. The first-order valence-electron chi connectivity index (χ1n) is 13.2. The summed E-state index contributed by atoms with van der Waals surface area (Å²) in [5.74, 6) is 0.348. The molecule has 3 aliphatic rings. The third-order valence-electron chi connectivity index (χ3n) is 7.59. The number of carbonyl (C=O) groups is 1. The van der Waals surface area contributed by atoms with Crippen molar-refractivity contribution in [1.82, 2.24) is 5.32 Å². The molecule has 1 aromatic heterocycles. The summed E-state index contributed by atoms with van der Waals surface area (Å²) in [7, 11) is 0. The molecule has 0 bridgehead atoms. The number of aryl methyl sites for hydroxylation is 1. The van der Waals surface area contributed by atoms with Crippen LogP contribution in [0.5, 0.6) is 0 Å². The maximum absolute atomic E-state index is 13.8. The fourth-order valence-corrected chi connectivity index (χ4v) is 6.16. The lowest BCUT2D eigenvalue weighted by Crippen LogP contribution is -2.33. The van der Waals surface area contributed by atoms with Crippen molar-refractivity contribution in [2.45, 2.75) is 57.8 Å². The van der Waals surface area contributed by atoms with Crippen LogP contribution in [0.4, 0.5) is 35.9 Å². The molecule has 3 heterocycles. The number of nitrogens with one attached hydrogen (secondary N) is 2. The SMILES string of the molecule is Cc1ccc(NC(=O)c2cc(N3CCC[C@H]3C)cc(C(F)(F)F)c2)cc1N1CN=C(NC2CC2)c2sccc21. The average molecular weight is 554 g/mol. The van der Waals surface area contributed by atoms with E-state index < -0.39 is 17.6 Å². The van der Waals surface area contributed by atoms with Crippen molar-refractivity contribution in [3.05, 3.63) is 69.4 Å². The Bertz CT molecular complexity index is 1440. The van der Waals surface area contributed by atoms with E-state index in [1.807, 2.05) is 36.3 Å². The maximum Gasteiger partial charge on any atom is 0.416 e. The minimum Gasteiger partial charge on any atom is -0.369 e. The van der Waals surface area contributed by atoms with Crippen molar-refractivity contribution in [2.24, 2.45) is 4.99 Å². The quantitative estimate of drug-likeness (QED) is 0.360. The Hall–Kier alpha value is -3.53. The van der Waals surface area contributed by atoms with Crippen molar-refractivity contribution in [3.63, 3.8) is 0 Å². The molecule has 1 amide bonds. The van der Waals surface area contributed by atoms with Gasteiger partial charge in [0.25, 0.3) is 5.91 Å². The Morgan fingerprint density at radius 1 is 1.08 bits per heavy atom. The summed E-state index contributed by atoms with van der Waals surface area (Å²) in [6.07, 6.45) is -0.404. The Kier molecular flexibility index (Phi) is 6.53. The van der Waals surface area contributed by atoms with E-state index in [1.165, 1.54) is 0 Å². The van der Waals surface area contributed by atoms with E-state index in [0.717, 1.165) is 65.5 Å². The summed E-state index contributed by atoms with van der Waals surface area (Å²) in [6, 6.07) is 11.9. The first-order chi connectivity index (χ1) is 18.7. The standard InChI is InChI=1S/C29H30F3N5OS/c1-17-5-6-22(15-25(17)37-16-33-27(34-21-7-8-21)26-24(37)9-11-39-26)35-28(38)19-12-20(29(30,31)32)14-23(13-19)36-10-3-4-18(36)2/h5-6,9,11-15,18,21H,3-4,7-8,10,16H2,1-2H3,(H,33,34)(H,35,38)/t18-/m1/s1. The number of benzene rings is 2. The van der Waals surface area contributed by atoms with Crippen LogP contribution >= 0.6 is 11.3 Å². The second kappa shape index (κ2) is 9.89. The van der Waals surface area contributed by atoms with Crippen LogP contribution in [0.1, 0.15) is 59.0 Å². The molecule has 1 aliphatic carbocycles. The van der Waals surface area contributed by atoms with Gasteiger partial charge in [0.15, 0.2) is 0 Å².